The van der Waals surface area contributed by atoms with Gasteiger partial charge in [0.05, 0.1) is 6.04 Å². The number of hydrogen-bond donors (Lipinski definition) is 1. The van der Waals surface area contributed by atoms with Crippen LogP contribution in [-0.2, 0) is 4.74 Å². The van der Waals surface area contributed by atoms with E-state index in [1.54, 1.807) is 18.2 Å². The van der Waals surface area contributed by atoms with Gasteiger partial charge >= 0.3 is 12.5 Å². The molecule has 2 aromatic rings. The van der Waals surface area contributed by atoms with E-state index in [0.29, 0.717) is 22.8 Å². The second kappa shape index (κ2) is 8.20. The Kier molecular flexibility index (Phi) is 5.36. The lowest BCUT2D eigenvalue weighted by molar-refractivity contribution is -0.274. The number of fused-ring (bicyclic) bond motifs is 4. The summed E-state index contributed by atoms with van der Waals surface area (Å²) in [5.74, 6) is 0.724. The number of carbonyl (C=O) groups is 1. The Hall–Kier alpha value is -2.94. The van der Waals surface area contributed by atoms with Crippen molar-refractivity contribution in [2.24, 2.45) is 5.92 Å². The molecule has 1 unspecified atom stereocenters. The molecule has 0 aliphatic carbocycles. The fraction of sp³-hybridized carbons (Fsp3) is 0.435. The summed E-state index contributed by atoms with van der Waals surface area (Å²) in [6, 6.07) is 10.8. The van der Waals surface area contributed by atoms with Gasteiger partial charge in [0.1, 0.15) is 24.2 Å². The molecule has 0 saturated carbocycles. The molecule has 0 aromatic heterocycles. The largest absolute Gasteiger partial charge is 0.573 e. The van der Waals surface area contributed by atoms with E-state index in [9.17, 15) is 18.0 Å². The van der Waals surface area contributed by atoms with E-state index in [1.165, 1.54) is 18.2 Å². The molecule has 4 aliphatic heterocycles. The lowest BCUT2D eigenvalue weighted by atomic mass is 9.86. The van der Waals surface area contributed by atoms with Crippen molar-refractivity contribution >= 4 is 6.09 Å². The fourth-order valence-corrected chi connectivity index (χ4v) is 4.74. The zero-order valence-electron chi connectivity index (χ0n) is 17.2. The van der Waals surface area contributed by atoms with Crippen LogP contribution in [0, 0.1) is 5.92 Å². The molecule has 2 atom stereocenters. The van der Waals surface area contributed by atoms with E-state index in [-0.39, 0.29) is 24.5 Å². The summed E-state index contributed by atoms with van der Waals surface area (Å²) in [4.78, 5) is 14.8. The third-order valence-corrected chi connectivity index (χ3v) is 6.34. The number of ether oxygens (including phenoxy) is 3. The van der Waals surface area contributed by atoms with Crippen molar-refractivity contribution < 1.29 is 32.2 Å². The number of halogens is 3. The van der Waals surface area contributed by atoms with Crippen LogP contribution in [0.4, 0.5) is 18.0 Å². The van der Waals surface area contributed by atoms with Crippen LogP contribution in [0.5, 0.6) is 11.5 Å². The summed E-state index contributed by atoms with van der Waals surface area (Å²) in [6.07, 6.45) is -3.16. The third-order valence-electron chi connectivity index (χ3n) is 6.34. The van der Waals surface area contributed by atoms with Gasteiger partial charge in [-0.3, -0.25) is 4.90 Å². The summed E-state index contributed by atoms with van der Waals surface area (Å²) in [7, 11) is 0. The van der Waals surface area contributed by atoms with Crippen LogP contribution in [0.25, 0.3) is 11.1 Å². The molecule has 0 radical (unpaired) electrons. The van der Waals surface area contributed by atoms with Gasteiger partial charge in [0.25, 0.3) is 0 Å². The van der Waals surface area contributed by atoms with Gasteiger partial charge in [0.15, 0.2) is 0 Å². The number of nitrogens with one attached hydrogen (secondary N) is 1. The van der Waals surface area contributed by atoms with Crippen LogP contribution in [0.15, 0.2) is 42.5 Å². The molecular weight excluding hydrogens is 425 g/mol. The Labute approximate surface area is 183 Å². The molecule has 4 aliphatic rings. The molecule has 1 amide bonds. The van der Waals surface area contributed by atoms with Crippen molar-refractivity contribution in [1.29, 1.82) is 0 Å². The number of alkyl carbamates (subject to hydrolysis) is 1. The monoisotopic (exact) mass is 448 g/mol. The minimum absolute atomic E-state index is 0.0761. The number of carbonyl (C=O) groups excluding carboxylic acids is 1. The van der Waals surface area contributed by atoms with Crippen LogP contribution in [0.1, 0.15) is 24.4 Å². The van der Waals surface area contributed by atoms with E-state index < -0.39 is 12.5 Å². The molecule has 2 bridgehead atoms. The summed E-state index contributed by atoms with van der Waals surface area (Å²) >= 11 is 0. The maximum atomic E-state index is 12.5. The van der Waals surface area contributed by atoms with Crippen LogP contribution in [-0.4, -0.2) is 49.7 Å². The van der Waals surface area contributed by atoms with Crippen LogP contribution >= 0.6 is 0 Å². The van der Waals surface area contributed by atoms with Gasteiger partial charge in [0.2, 0.25) is 0 Å². The first kappa shape index (κ1) is 20.9. The van der Waals surface area contributed by atoms with Gasteiger partial charge in [0, 0.05) is 12.1 Å². The molecule has 170 valence electrons. The first-order valence-corrected chi connectivity index (χ1v) is 10.7. The van der Waals surface area contributed by atoms with Crippen LogP contribution < -0.4 is 14.8 Å². The van der Waals surface area contributed by atoms with E-state index >= 15 is 0 Å². The van der Waals surface area contributed by atoms with Gasteiger partial charge in [-0.25, -0.2) is 4.79 Å². The molecule has 32 heavy (non-hydrogen) atoms. The quantitative estimate of drug-likeness (QED) is 0.746. The average molecular weight is 448 g/mol. The minimum atomic E-state index is -4.75. The lowest BCUT2D eigenvalue weighted by Crippen LogP contribution is -2.52. The number of nitrogens with zero attached hydrogens (tertiary/aromatic N) is 1. The second-order valence-electron chi connectivity index (χ2n) is 8.42. The van der Waals surface area contributed by atoms with E-state index in [2.05, 4.69) is 15.0 Å². The Bertz CT molecular complexity index is 1000. The van der Waals surface area contributed by atoms with Crippen LogP contribution in [0.3, 0.4) is 0 Å². The molecule has 9 heteroatoms. The molecule has 4 heterocycles. The molecule has 3 fully saturated rings. The summed E-state index contributed by atoms with van der Waals surface area (Å²) < 4.78 is 52.9. The second-order valence-corrected chi connectivity index (χ2v) is 8.42. The lowest BCUT2D eigenvalue weighted by Gasteiger charge is -2.43. The predicted octanol–water partition coefficient (Wildman–Crippen LogP) is 4.51. The van der Waals surface area contributed by atoms with E-state index in [4.69, 9.17) is 9.47 Å². The Morgan fingerprint density at radius 3 is 2.59 bits per heavy atom. The third kappa shape index (κ3) is 4.48. The highest BCUT2D eigenvalue weighted by molar-refractivity contribution is 5.71. The summed E-state index contributed by atoms with van der Waals surface area (Å²) in [5, 5.41) is 2.89. The SMILES string of the molecule is O=C(NC1COc2cc(-c3cccc(OC(F)(F)F)c3)ccc21)O[C@H]1CN2CCC1CC2. The molecule has 6 rings (SSSR count). The highest BCUT2D eigenvalue weighted by Gasteiger charge is 2.37. The topological polar surface area (TPSA) is 60.0 Å². The number of alkyl halides is 3. The summed E-state index contributed by atoms with van der Waals surface area (Å²) in [6.45, 7) is 3.20. The number of hydrogen-bond acceptors (Lipinski definition) is 5. The van der Waals surface area contributed by atoms with E-state index in [0.717, 1.165) is 38.0 Å². The maximum absolute atomic E-state index is 12.5. The molecule has 2 aromatic carbocycles. The molecule has 0 spiro atoms. The smallest absolute Gasteiger partial charge is 0.491 e. The van der Waals surface area contributed by atoms with Gasteiger partial charge in [-0.1, -0.05) is 24.3 Å². The minimum Gasteiger partial charge on any atom is -0.491 e. The zero-order chi connectivity index (χ0) is 22.3. The normalized spacial score (nSPS) is 26.2. The number of piperidine rings is 3. The standard InChI is InChI=1S/C23H23F3N2O4/c24-23(25,26)32-17-3-1-2-15(10-17)16-4-5-18-19(13-30-20(18)11-16)27-22(29)31-21-12-28-8-6-14(21)7-9-28/h1-5,10-11,14,19,21H,6-9,12-13H2,(H,27,29)/t19?,21-/m0/s1. The van der Waals surface area contributed by atoms with Gasteiger partial charge in [-0.15, -0.1) is 13.2 Å². The van der Waals surface area contributed by atoms with Crippen molar-refractivity contribution in [3.63, 3.8) is 0 Å². The van der Waals surface area contributed by atoms with Gasteiger partial charge in [-0.05, 0) is 61.2 Å². The number of amides is 1. The fourth-order valence-electron chi connectivity index (χ4n) is 4.74. The summed E-state index contributed by atoms with van der Waals surface area (Å²) in [5.41, 5.74) is 2.06. The highest BCUT2D eigenvalue weighted by Crippen LogP contribution is 2.37. The first-order valence-electron chi connectivity index (χ1n) is 10.7. The average Bonchev–Trinajstić information content (AvgIpc) is 3.15. The molecule has 1 N–H and O–H groups in total. The van der Waals surface area contributed by atoms with Gasteiger partial charge in [-0.2, -0.15) is 0 Å². The predicted molar refractivity (Wildman–Crippen MR) is 109 cm³/mol. The number of benzene rings is 2. The van der Waals surface area contributed by atoms with Crippen LogP contribution in [0.2, 0.25) is 0 Å². The Balaban J connectivity index is 1.25. The molecular formula is C23H23F3N2O4. The van der Waals surface area contributed by atoms with Gasteiger partial charge < -0.3 is 19.5 Å². The van der Waals surface area contributed by atoms with Crippen molar-refractivity contribution in [3.8, 4) is 22.6 Å². The highest BCUT2D eigenvalue weighted by atomic mass is 19.4. The molecule has 3 saturated heterocycles. The zero-order valence-corrected chi connectivity index (χ0v) is 17.2. The van der Waals surface area contributed by atoms with Crippen molar-refractivity contribution in [2.75, 3.05) is 26.2 Å². The Morgan fingerprint density at radius 1 is 1.09 bits per heavy atom. The van der Waals surface area contributed by atoms with Crippen molar-refractivity contribution in [1.82, 2.24) is 10.2 Å². The van der Waals surface area contributed by atoms with E-state index in [1.807, 2.05) is 6.07 Å². The maximum Gasteiger partial charge on any atom is 0.573 e. The van der Waals surface area contributed by atoms with Crippen molar-refractivity contribution in [3.05, 3.63) is 48.0 Å². The Morgan fingerprint density at radius 2 is 1.88 bits per heavy atom. The molecule has 6 nitrogen and oxygen atoms in total. The number of rotatable bonds is 4. The van der Waals surface area contributed by atoms with Crippen molar-refractivity contribution in [2.45, 2.75) is 31.3 Å². The first-order chi connectivity index (χ1) is 15.3.